The summed E-state index contributed by atoms with van der Waals surface area (Å²) in [6, 6.07) is 3.72. The number of primary amides is 1. The minimum atomic E-state index is -1.72. The average Bonchev–Trinajstić information content (AvgIpc) is 0.834. The predicted octanol–water partition coefficient (Wildman–Crippen LogP) is -4.41. The number of carboxylic acids is 2. The lowest BCUT2D eigenvalue weighted by Gasteiger charge is -2.26. The molecule has 0 radical (unpaired) electrons. The van der Waals surface area contributed by atoms with Crippen molar-refractivity contribution in [2.75, 3.05) is 45.9 Å². The van der Waals surface area contributed by atoms with Crippen molar-refractivity contribution >= 4 is 101 Å². The number of carboxylic acid groups (broad SMARTS) is 2. The number of ketones is 1. The molecule has 0 fully saturated rings. The maximum absolute atomic E-state index is 14.1. The first-order valence-electron chi connectivity index (χ1n) is 32.3. The highest BCUT2D eigenvalue weighted by molar-refractivity contribution is 6.02. The number of nitrogens with one attached hydrogen (secondary N) is 10. The lowest BCUT2D eigenvalue weighted by Crippen LogP contribution is -2.58. The molecule has 0 aliphatic carbocycles. The molecule has 0 heterocycles. The third-order valence-electron chi connectivity index (χ3n) is 14.5. The Morgan fingerprint density at radius 2 is 0.970 bits per heavy atom. The standard InChI is InChI=1S/C63H96N18O19/c1-5-6-19-43(59(96)81-44(20-10-11-27-64)58(95)78-40(55(65)92)23-25-49(86)87)80-57(94)42(22-14-29-71-63(68)69)76-46(83)31-72-48(85)34-99-39-18-12-17-38(30-39)54(53(91)37-15-8-7-9-16-37)100-51(90)33-74-56(93)41(21-13-28-70-62(66)67)79-60(97)45(24-26-50(88)89)77-47(84)32-73-61(98)52(35(2)3)75-36(4)82/h7-9,12,15-18,30,35,40-45,52,54H,5-6,10-11,13-14,19-29,31-34,64H2,1-4H3,(H2,65,92)(H,72,85)(H,73,98)(H,74,93)(H,75,82)(H,76,83)(H,77,84)(H,78,95)(H,79,97)(H,80,94)(H,81,96)(H,86,87)(H,88,89)(H4,66,67,70)(H4,68,69,71)/t40-,41-,42-,43-,44-,45-,52-,54?/m0/s1. The number of benzene rings is 2. The number of nitrogens with zero attached hydrogens (tertiary/aromatic N) is 2. The van der Waals surface area contributed by atoms with Crippen molar-refractivity contribution in [3.05, 3.63) is 65.7 Å². The molecule has 2 aromatic carbocycles. The van der Waals surface area contributed by atoms with Crippen LogP contribution in [0.3, 0.4) is 0 Å². The normalized spacial score (nSPS) is 13.1. The molecule has 37 heteroatoms. The summed E-state index contributed by atoms with van der Waals surface area (Å²) in [6.45, 7) is 3.52. The number of esters is 1. The van der Waals surface area contributed by atoms with Crippen molar-refractivity contribution < 1.29 is 91.6 Å². The van der Waals surface area contributed by atoms with Crippen molar-refractivity contribution in [1.82, 2.24) is 53.2 Å². The van der Waals surface area contributed by atoms with Crippen LogP contribution in [0.5, 0.6) is 5.75 Å². The van der Waals surface area contributed by atoms with Crippen LogP contribution in [0.15, 0.2) is 64.6 Å². The molecule has 0 aromatic heterocycles. The van der Waals surface area contributed by atoms with Crippen molar-refractivity contribution in [3.63, 3.8) is 0 Å². The molecule has 0 spiro atoms. The van der Waals surface area contributed by atoms with Crippen molar-refractivity contribution in [3.8, 4) is 5.75 Å². The number of rotatable bonds is 49. The first-order chi connectivity index (χ1) is 47.3. The van der Waals surface area contributed by atoms with Crippen LogP contribution in [-0.2, 0) is 71.9 Å². The predicted molar refractivity (Wildman–Crippen MR) is 360 cm³/mol. The van der Waals surface area contributed by atoms with Crippen LogP contribution in [0, 0.1) is 5.92 Å². The van der Waals surface area contributed by atoms with E-state index in [2.05, 4.69) is 63.2 Å². The number of Topliss-reactive ketones (excluding diaryl/α,β-unsaturated/α-hetero) is 1. The number of ether oxygens (including phenoxy) is 2. The number of carbonyl (C=O) groups is 15. The van der Waals surface area contributed by atoms with E-state index in [-0.39, 0.29) is 99.3 Å². The first-order valence-corrected chi connectivity index (χ1v) is 32.3. The number of carbonyl (C=O) groups excluding carboxylic acids is 13. The molecule has 8 atom stereocenters. The van der Waals surface area contributed by atoms with Gasteiger partial charge in [-0.15, -0.1) is 0 Å². The van der Waals surface area contributed by atoms with E-state index >= 15 is 0 Å². The molecule has 2 aromatic rings. The summed E-state index contributed by atoms with van der Waals surface area (Å²) in [5.74, 6) is -14.8. The molecule has 0 saturated carbocycles. The third-order valence-corrected chi connectivity index (χ3v) is 14.5. The molecule has 0 aliphatic rings. The number of aliphatic carboxylic acids is 2. The monoisotopic (exact) mass is 1410 g/mol. The third kappa shape index (κ3) is 34.8. The number of guanidine groups is 2. The molecule has 552 valence electrons. The van der Waals surface area contributed by atoms with Crippen LogP contribution in [-0.4, -0.2) is 199 Å². The highest BCUT2D eigenvalue weighted by Crippen LogP contribution is 2.26. The smallest absolute Gasteiger partial charge is 0.326 e. The van der Waals surface area contributed by atoms with Crippen molar-refractivity contribution in [2.45, 2.75) is 166 Å². The minimum absolute atomic E-state index is 0.0203. The molecule has 0 saturated heterocycles. The zero-order chi connectivity index (χ0) is 74.9. The van der Waals surface area contributed by atoms with E-state index < -0.39 is 183 Å². The Labute approximate surface area is 577 Å². The zero-order valence-electron chi connectivity index (χ0n) is 56.4. The van der Waals surface area contributed by atoms with E-state index in [1.54, 1.807) is 32.0 Å². The van der Waals surface area contributed by atoms with Crippen LogP contribution >= 0.6 is 0 Å². The number of aliphatic imine (C=N–C) groups is 2. The second kappa shape index (κ2) is 46.2. The van der Waals surface area contributed by atoms with Gasteiger partial charge in [0.25, 0.3) is 5.91 Å². The summed E-state index contributed by atoms with van der Waals surface area (Å²) in [6.07, 6.45) is -1.86. The Morgan fingerprint density at radius 3 is 1.46 bits per heavy atom. The summed E-state index contributed by atoms with van der Waals surface area (Å²) >= 11 is 0. The maximum Gasteiger partial charge on any atom is 0.326 e. The maximum atomic E-state index is 14.1. The van der Waals surface area contributed by atoms with Gasteiger partial charge in [-0.3, -0.25) is 81.9 Å². The number of unbranched alkanes of at least 4 members (excludes halogenated alkanes) is 2. The second-order valence-corrected chi connectivity index (χ2v) is 23.2. The summed E-state index contributed by atoms with van der Waals surface area (Å²) in [5.41, 5.74) is 33.1. The summed E-state index contributed by atoms with van der Waals surface area (Å²) in [7, 11) is 0. The van der Waals surface area contributed by atoms with Crippen LogP contribution in [0.1, 0.15) is 140 Å². The molecule has 24 N–H and O–H groups in total. The Hall–Kier alpha value is -11.0. The highest BCUT2D eigenvalue weighted by atomic mass is 16.5. The van der Waals surface area contributed by atoms with Gasteiger partial charge in [-0.1, -0.05) is 76.1 Å². The van der Waals surface area contributed by atoms with Gasteiger partial charge < -0.3 is 107 Å². The van der Waals surface area contributed by atoms with Crippen LogP contribution in [0.4, 0.5) is 0 Å². The fourth-order valence-electron chi connectivity index (χ4n) is 9.31. The van der Waals surface area contributed by atoms with Crippen LogP contribution in [0.25, 0.3) is 0 Å². The fourth-order valence-corrected chi connectivity index (χ4v) is 9.31. The van der Waals surface area contributed by atoms with Gasteiger partial charge in [-0.25, -0.2) is 0 Å². The SMILES string of the molecule is CCCC[C@H](NC(=O)[C@H](CCCN=C(N)N)NC(=O)CNC(=O)COc1cccc(C(OC(=O)CNC(=O)[C@H](CCCN=C(N)N)NC(=O)[C@H](CCC(=O)O)NC(=O)CNC(=O)[C@@H](NC(C)=O)C(C)C)C(=O)c2ccccc2)c1)C(=O)N[C@@H](CCCCN)C(=O)N[C@@H](CCC(=O)O)C(N)=O. The molecule has 37 nitrogen and oxygen atoms in total. The van der Waals surface area contributed by atoms with E-state index in [0.29, 0.717) is 25.7 Å². The fraction of sp³-hybridized carbons (Fsp3) is 0.540. The Kier molecular flexibility index (Phi) is 39.3. The van der Waals surface area contributed by atoms with Gasteiger partial charge in [0.1, 0.15) is 54.6 Å². The van der Waals surface area contributed by atoms with Gasteiger partial charge >= 0.3 is 17.9 Å². The van der Waals surface area contributed by atoms with Gasteiger partial charge in [0.15, 0.2) is 24.6 Å². The minimum Gasteiger partial charge on any atom is -0.484 e. The van der Waals surface area contributed by atoms with E-state index in [4.69, 9.17) is 49.0 Å². The molecule has 1 unspecified atom stereocenters. The van der Waals surface area contributed by atoms with Gasteiger partial charge in [0, 0.05) is 44.0 Å². The summed E-state index contributed by atoms with van der Waals surface area (Å²) in [4.78, 5) is 204. The Morgan fingerprint density at radius 1 is 0.500 bits per heavy atom. The first kappa shape index (κ1) is 85.1. The van der Waals surface area contributed by atoms with Crippen molar-refractivity contribution in [2.24, 2.45) is 50.3 Å². The molecule has 2 rings (SSSR count). The lowest BCUT2D eigenvalue weighted by molar-refractivity contribution is -0.147. The second-order valence-electron chi connectivity index (χ2n) is 23.2. The Bertz CT molecular complexity index is 3180. The van der Waals surface area contributed by atoms with E-state index in [0.717, 1.165) is 0 Å². The van der Waals surface area contributed by atoms with E-state index in [1.165, 1.54) is 43.3 Å². The Balaban J connectivity index is 2.31. The average molecular weight is 1410 g/mol. The van der Waals surface area contributed by atoms with Crippen LogP contribution < -0.4 is 92.3 Å². The molecule has 0 bridgehead atoms. The lowest BCUT2D eigenvalue weighted by atomic mass is 9.99. The summed E-state index contributed by atoms with van der Waals surface area (Å²) in [5, 5.41) is 43.1. The van der Waals surface area contributed by atoms with Gasteiger partial charge in [0.05, 0.1) is 13.1 Å². The molecular weight excluding hydrogens is 1310 g/mol. The molecule has 11 amide bonds. The highest BCUT2D eigenvalue weighted by Gasteiger charge is 2.34. The quantitative estimate of drug-likeness (QED) is 0.00978. The molecular formula is C63H96N18O19. The van der Waals surface area contributed by atoms with E-state index in [1.807, 2.05) is 6.92 Å². The zero-order valence-corrected chi connectivity index (χ0v) is 56.4. The number of hydrogen-bond donors (Lipinski definition) is 18. The summed E-state index contributed by atoms with van der Waals surface area (Å²) < 4.78 is 11.4. The van der Waals surface area contributed by atoms with Crippen molar-refractivity contribution in [1.29, 1.82) is 0 Å². The topological polar surface area (TPSA) is 616 Å². The largest absolute Gasteiger partial charge is 0.484 e. The number of amides is 11. The number of nitrogens with two attached hydrogens (primary N) is 6. The number of hydrogen-bond acceptors (Lipinski definition) is 20. The van der Waals surface area contributed by atoms with Crippen LogP contribution in [0.2, 0.25) is 0 Å². The van der Waals surface area contributed by atoms with Gasteiger partial charge in [-0.05, 0) is 88.8 Å². The van der Waals surface area contributed by atoms with Gasteiger partial charge in [0.2, 0.25) is 64.9 Å². The molecule has 100 heavy (non-hydrogen) atoms. The van der Waals surface area contributed by atoms with Gasteiger partial charge in [-0.2, -0.15) is 0 Å². The molecule has 0 aliphatic heterocycles. The van der Waals surface area contributed by atoms with E-state index in [9.17, 15) is 77.0 Å².